The van der Waals surface area contributed by atoms with Crippen molar-refractivity contribution in [3.05, 3.63) is 47.2 Å². The molecule has 2 aliphatic rings. The molecule has 0 aromatic carbocycles. The van der Waals surface area contributed by atoms with Crippen LogP contribution in [0.15, 0.2) is 36.0 Å². The molecule has 1 aliphatic heterocycles. The van der Waals surface area contributed by atoms with E-state index in [1.807, 2.05) is 12.1 Å². The topological polar surface area (TPSA) is 84.1 Å². The number of nitrogens with two attached hydrogens (primary N) is 1. The van der Waals surface area contributed by atoms with E-state index in [1.165, 1.54) is 18.4 Å². The first-order valence-electron chi connectivity index (χ1n) is 10.2. The lowest BCUT2D eigenvalue weighted by molar-refractivity contribution is 0.102. The van der Waals surface area contributed by atoms with Crippen LogP contribution in [-0.2, 0) is 0 Å². The van der Waals surface area contributed by atoms with Crippen molar-refractivity contribution in [3.63, 3.8) is 0 Å². The van der Waals surface area contributed by atoms with Gasteiger partial charge >= 0.3 is 0 Å². The van der Waals surface area contributed by atoms with Crippen LogP contribution in [0.2, 0.25) is 0 Å². The van der Waals surface area contributed by atoms with E-state index in [2.05, 4.69) is 27.5 Å². The van der Waals surface area contributed by atoms with Gasteiger partial charge in [-0.15, -0.1) is 11.3 Å². The molecular formula is C22H25N5OS. The van der Waals surface area contributed by atoms with E-state index in [4.69, 9.17) is 10.7 Å². The molecule has 1 aliphatic carbocycles. The average molecular weight is 408 g/mol. The Morgan fingerprint density at radius 3 is 2.93 bits per heavy atom. The summed E-state index contributed by atoms with van der Waals surface area (Å²) in [6.07, 6.45) is 6.93. The van der Waals surface area contributed by atoms with Gasteiger partial charge in [0.05, 0.1) is 27.8 Å². The van der Waals surface area contributed by atoms with Crippen LogP contribution < -0.4 is 16.0 Å². The third-order valence-corrected chi connectivity index (χ3v) is 6.73. The fraction of sp³-hybridized carbons (Fsp3) is 0.409. The van der Waals surface area contributed by atoms with Crippen molar-refractivity contribution < 1.29 is 4.79 Å². The molecule has 150 valence electrons. The lowest BCUT2D eigenvalue weighted by atomic mass is 9.96. The third-order valence-electron chi connectivity index (χ3n) is 5.77. The van der Waals surface area contributed by atoms with Gasteiger partial charge in [-0.2, -0.15) is 0 Å². The molecule has 4 heterocycles. The molecule has 0 radical (unpaired) electrons. The second-order valence-electron chi connectivity index (χ2n) is 8.36. The van der Waals surface area contributed by atoms with Gasteiger partial charge in [0.25, 0.3) is 5.91 Å². The number of amides is 1. The summed E-state index contributed by atoms with van der Waals surface area (Å²) in [7, 11) is 0. The summed E-state index contributed by atoms with van der Waals surface area (Å²) in [4.78, 5) is 24.2. The Kier molecular flexibility index (Phi) is 4.72. The molecule has 29 heavy (non-hydrogen) atoms. The highest BCUT2D eigenvalue weighted by Gasteiger charge is 2.28. The molecule has 1 amide bonds. The Morgan fingerprint density at radius 2 is 2.14 bits per heavy atom. The van der Waals surface area contributed by atoms with Gasteiger partial charge < -0.3 is 16.0 Å². The number of carbonyl (C=O) groups excluding carboxylic acids is 1. The zero-order valence-electron chi connectivity index (χ0n) is 16.5. The molecule has 1 saturated carbocycles. The predicted octanol–water partition coefficient (Wildman–Crippen LogP) is 3.99. The number of thiophene rings is 1. The predicted molar refractivity (Wildman–Crippen MR) is 118 cm³/mol. The molecule has 2 unspecified atom stereocenters. The number of carbonyl (C=O) groups is 1. The summed E-state index contributed by atoms with van der Waals surface area (Å²) in [5.74, 6) is 0.923. The summed E-state index contributed by atoms with van der Waals surface area (Å²) in [6, 6.07) is 5.89. The lowest BCUT2D eigenvalue weighted by Gasteiger charge is -2.37. The number of anilines is 2. The largest absolute Gasteiger partial charge is 0.368 e. The molecular weight excluding hydrogens is 382 g/mol. The number of pyridine rings is 2. The van der Waals surface area contributed by atoms with Crippen LogP contribution in [0.4, 0.5) is 11.4 Å². The Labute approximate surface area is 174 Å². The van der Waals surface area contributed by atoms with Crippen molar-refractivity contribution in [2.75, 3.05) is 23.3 Å². The Balaban J connectivity index is 1.41. The molecule has 7 heteroatoms. The number of rotatable bonds is 4. The fourth-order valence-electron chi connectivity index (χ4n) is 4.28. The number of piperidine rings is 1. The second kappa shape index (κ2) is 7.39. The molecule has 0 spiro atoms. The summed E-state index contributed by atoms with van der Waals surface area (Å²) in [5, 5.41) is 5.22. The van der Waals surface area contributed by atoms with Crippen LogP contribution in [0.1, 0.15) is 48.2 Å². The summed E-state index contributed by atoms with van der Waals surface area (Å²) in [5.41, 5.74) is 10.6. The highest BCUT2D eigenvalue weighted by atomic mass is 32.1. The maximum atomic E-state index is 13.0. The molecule has 5 rings (SSSR count). The van der Waals surface area contributed by atoms with Crippen molar-refractivity contribution in [1.29, 1.82) is 0 Å². The van der Waals surface area contributed by atoms with Crippen molar-refractivity contribution in [2.45, 2.75) is 38.1 Å². The smallest absolute Gasteiger partial charge is 0.274 e. The second-order valence-corrected chi connectivity index (χ2v) is 9.27. The number of nitrogens with one attached hydrogen (secondary N) is 1. The number of hydrogen-bond donors (Lipinski definition) is 2. The van der Waals surface area contributed by atoms with E-state index < -0.39 is 0 Å². The number of fused-ring (bicyclic) bond motifs is 1. The summed E-state index contributed by atoms with van der Waals surface area (Å²) in [6.45, 7) is 3.91. The van der Waals surface area contributed by atoms with Crippen LogP contribution in [-0.4, -0.2) is 35.0 Å². The zero-order valence-corrected chi connectivity index (χ0v) is 17.3. The first kappa shape index (κ1) is 18.5. The van der Waals surface area contributed by atoms with E-state index in [1.54, 1.807) is 29.8 Å². The van der Waals surface area contributed by atoms with Crippen LogP contribution >= 0.6 is 11.3 Å². The van der Waals surface area contributed by atoms with Gasteiger partial charge in [0.2, 0.25) is 0 Å². The van der Waals surface area contributed by atoms with Gasteiger partial charge in [-0.25, -0.2) is 4.98 Å². The van der Waals surface area contributed by atoms with E-state index in [0.29, 0.717) is 23.2 Å². The molecule has 0 bridgehead atoms. The highest BCUT2D eigenvalue weighted by Crippen LogP contribution is 2.44. The molecule has 3 N–H and O–H groups in total. The van der Waals surface area contributed by atoms with Gasteiger partial charge in [-0.3, -0.25) is 9.78 Å². The number of hydrogen-bond acceptors (Lipinski definition) is 6. The van der Waals surface area contributed by atoms with Gasteiger partial charge in [-0.05, 0) is 60.2 Å². The van der Waals surface area contributed by atoms with Crippen LogP contribution in [0.25, 0.3) is 10.2 Å². The van der Waals surface area contributed by atoms with Gasteiger partial charge in [0.1, 0.15) is 5.69 Å². The van der Waals surface area contributed by atoms with E-state index in [0.717, 1.165) is 35.4 Å². The monoisotopic (exact) mass is 407 g/mol. The molecule has 3 aromatic heterocycles. The molecule has 1 saturated heterocycles. The fourth-order valence-corrected chi connectivity index (χ4v) is 5.26. The maximum Gasteiger partial charge on any atom is 0.274 e. The normalized spacial score (nSPS) is 22.1. The van der Waals surface area contributed by atoms with E-state index >= 15 is 0 Å². The van der Waals surface area contributed by atoms with E-state index in [-0.39, 0.29) is 11.9 Å². The number of aromatic nitrogens is 2. The zero-order chi connectivity index (χ0) is 20.0. The quantitative estimate of drug-likeness (QED) is 0.683. The van der Waals surface area contributed by atoms with Crippen LogP contribution in [0, 0.1) is 5.92 Å². The number of nitrogens with zero attached hydrogens (tertiary/aromatic N) is 3. The lowest BCUT2D eigenvalue weighted by Crippen LogP contribution is -2.46. The summed E-state index contributed by atoms with van der Waals surface area (Å²) < 4.78 is 1.14. The van der Waals surface area contributed by atoms with E-state index in [9.17, 15) is 4.79 Å². The minimum Gasteiger partial charge on any atom is -0.368 e. The van der Waals surface area contributed by atoms with Gasteiger partial charge in [0, 0.05) is 25.3 Å². The third kappa shape index (κ3) is 3.72. The molecule has 6 nitrogen and oxygen atoms in total. The Hall–Kier alpha value is -2.51. The molecule has 2 atom stereocenters. The van der Waals surface area contributed by atoms with Crippen LogP contribution in [0.5, 0.6) is 0 Å². The summed E-state index contributed by atoms with van der Waals surface area (Å²) >= 11 is 1.71. The Morgan fingerprint density at radius 1 is 1.28 bits per heavy atom. The van der Waals surface area contributed by atoms with Crippen molar-refractivity contribution in [1.82, 2.24) is 9.97 Å². The van der Waals surface area contributed by atoms with Gasteiger partial charge in [0.15, 0.2) is 0 Å². The van der Waals surface area contributed by atoms with Crippen molar-refractivity contribution in [3.8, 4) is 0 Å². The molecule has 2 fully saturated rings. The average Bonchev–Trinajstić information content (AvgIpc) is 3.46. The SMILES string of the molecule is CC1CC(N)CN(c2ccncc2NC(=O)c2ccc3scc(C4CC4)c3n2)C1. The standard InChI is InChI=1S/C22H25N5OS/c1-13-8-15(23)11-27(10-13)19-6-7-24-9-18(19)26-22(28)17-4-5-20-21(25-17)16(12-29-20)14-2-3-14/h4-7,9,12-15H,2-3,8,10-11,23H2,1H3,(H,26,28). The maximum absolute atomic E-state index is 13.0. The first-order chi connectivity index (χ1) is 14.1. The Bertz CT molecular complexity index is 1050. The van der Waals surface area contributed by atoms with Crippen molar-refractivity contribution in [2.24, 2.45) is 11.7 Å². The van der Waals surface area contributed by atoms with Crippen LogP contribution in [0.3, 0.4) is 0 Å². The van der Waals surface area contributed by atoms with Gasteiger partial charge in [-0.1, -0.05) is 6.92 Å². The minimum atomic E-state index is -0.205. The van der Waals surface area contributed by atoms with Crippen molar-refractivity contribution >= 4 is 38.8 Å². The minimum absolute atomic E-state index is 0.138. The highest BCUT2D eigenvalue weighted by molar-refractivity contribution is 7.17. The first-order valence-corrected chi connectivity index (χ1v) is 11.1. The molecule has 3 aromatic rings.